The van der Waals surface area contributed by atoms with Gasteiger partial charge in [0.2, 0.25) is 11.8 Å². The van der Waals surface area contributed by atoms with Crippen LogP contribution in [0.1, 0.15) is 25.0 Å². The smallest absolute Gasteiger partial charge is 0.264 e. The van der Waals surface area contributed by atoms with E-state index in [9.17, 15) is 18.0 Å². The molecule has 0 fully saturated rings. The number of rotatable bonds is 11. The van der Waals surface area contributed by atoms with Crippen LogP contribution in [0.2, 0.25) is 5.02 Å². The van der Waals surface area contributed by atoms with Crippen molar-refractivity contribution in [3.8, 4) is 5.75 Å². The summed E-state index contributed by atoms with van der Waals surface area (Å²) in [4.78, 5) is 28.0. The highest BCUT2D eigenvalue weighted by atomic mass is 35.5. The van der Waals surface area contributed by atoms with Gasteiger partial charge in [-0.1, -0.05) is 35.9 Å². The number of nitrogens with one attached hydrogen (secondary N) is 1. The third-order valence-corrected chi connectivity index (χ3v) is 8.04. The first-order chi connectivity index (χ1) is 18.1. The summed E-state index contributed by atoms with van der Waals surface area (Å²) >= 11 is 5.98. The Morgan fingerprint density at radius 3 is 2.26 bits per heavy atom. The van der Waals surface area contributed by atoms with Crippen molar-refractivity contribution in [1.29, 1.82) is 0 Å². The van der Waals surface area contributed by atoms with Gasteiger partial charge in [0.15, 0.2) is 0 Å². The number of carbonyl (C=O) groups is 2. The second kappa shape index (κ2) is 12.8. The number of hydrogen-bond acceptors (Lipinski definition) is 5. The SMILES string of the molecule is CCNC(=O)[C@@H](C)N(Cc1ccc(OC)cc1)C(=O)CN(c1cccc(C)c1)S(=O)(=O)c1ccc(Cl)cc1. The fourth-order valence-corrected chi connectivity index (χ4v) is 5.41. The molecule has 0 aromatic heterocycles. The molecule has 3 aromatic carbocycles. The Bertz CT molecular complexity index is 1360. The Balaban J connectivity index is 2.02. The largest absolute Gasteiger partial charge is 0.497 e. The first-order valence-corrected chi connectivity index (χ1v) is 13.9. The van der Waals surface area contributed by atoms with E-state index in [1.54, 1.807) is 63.4 Å². The molecule has 0 radical (unpaired) electrons. The number of hydrogen-bond donors (Lipinski definition) is 1. The zero-order chi connectivity index (χ0) is 27.9. The predicted molar refractivity (Wildman–Crippen MR) is 149 cm³/mol. The van der Waals surface area contributed by atoms with Crippen molar-refractivity contribution in [2.75, 3.05) is 24.5 Å². The van der Waals surface area contributed by atoms with Crippen molar-refractivity contribution in [2.45, 2.75) is 38.3 Å². The average Bonchev–Trinajstić information content (AvgIpc) is 2.90. The van der Waals surface area contributed by atoms with Gasteiger partial charge in [-0.2, -0.15) is 0 Å². The average molecular weight is 558 g/mol. The fraction of sp³-hybridized carbons (Fsp3) is 0.286. The Morgan fingerprint density at radius 1 is 1.03 bits per heavy atom. The topological polar surface area (TPSA) is 96.0 Å². The van der Waals surface area contributed by atoms with Crippen LogP contribution in [0.4, 0.5) is 5.69 Å². The Morgan fingerprint density at radius 2 is 1.68 bits per heavy atom. The van der Waals surface area contributed by atoms with E-state index in [2.05, 4.69) is 5.32 Å². The zero-order valence-corrected chi connectivity index (χ0v) is 23.4. The van der Waals surface area contributed by atoms with Crippen molar-refractivity contribution >= 4 is 39.1 Å². The Labute approximate surface area is 229 Å². The molecule has 0 unspecified atom stereocenters. The van der Waals surface area contributed by atoms with Gasteiger partial charge in [-0.3, -0.25) is 13.9 Å². The molecule has 38 heavy (non-hydrogen) atoms. The molecule has 3 rings (SSSR count). The van der Waals surface area contributed by atoms with Crippen molar-refractivity contribution < 1.29 is 22.7 Å². The molecular weight excluding hydrogens is 526 g/mol. The predicted octanol–water partition coefficient (Wildman–Crippen LogP) is 4.41. The number of halogens is 1. The second-order valence-electron chi connectivity index (χ2n) is 8.74. The first kappa shape index (κ1) is 29.0. The normalized spacial score (nSPS) is 11.9. The van der Waals surface area contributed by atoms with Gasteiger partial charge in [0, 0.05) is 18.1 Å². The number of sulfonamides is 1. The molecule has 8 nitrogen and oxygen atoms in total. The third kappa shape index (κ3) is 7.05. The quantitative estimate of drug-likeness (QED) is 0.377. The summed E-state index contributed by atoms with van der Waals surface area (Å²) in [6.07, 6.45) is 0. The number of methoxy groups -OCH3 is 1. The minimum absolute atomic E-state index is 0.00492. The minimum Gasteiger partial charge on any atom is -0.497 e. The molecule has 2 amide bonds. The second-order valence-corrected chi connectivity index (χ2v) is 11.0. The van der Waals surface area contributed by atoms with Crippen molar-refractivity contribution in [1.82, 2.24) is 10.2 Å². The highest BCUT2D eigenvalue weighted by Gasteiger charge is 2.32. The van der Waals surface area contributed by atoms with Gasteiger partial charge < -0.3 is 15.0 Å². The standard InChI is InChI=1S/C28H32ClN3O5S/c1-5-30-28(34)21(3)31(18-22-9-13-25(37-4)14-10-22)27(33)19-32(24-8-6-7-20(2)17-24)38(35,36)26-15-11-23(29)12-16-26/h6-17,21H,5,18-19H2,1-4H3,(H,30,34)/t21-/m1/s1. The van der Waals surface area contributed by atoms with Gasteiger partial charge in [-0.25, -0.2) is 8.42 Å². The molecule has 0 heterocycles. The molecule has 0 aliphatic carbocycles. The number of carbonyl (C=O) groups excluding carboxylic acids is 2. The summed E-state index contributed by atoms with van der Waals surface area (Å²) in [5.74, 6) is -0.210. The molecule has 0 saturated heterocycles. The van der Waals surface area contributed by atoms with Crippen LogP contribution in [0.25, 0.3) is 0 Å². The molecule has 0 bridgehead atoms. The molecule has 202 valence electrons. The number of amides is 2. The summed E-state index contributed by atoms with van der Waals surface area (Å²) in [6.45, 7) is 5.24. The lowest BCUT2D eigenvalue weighted by Gasteiger charge is -2.32. The fourth-order valence-electron chi connectivity index (χ4n) is 3.88. The Kier molecular flexibility index (Phi) is 9.77. The van der Waals surface area contributed by atoms with E-state index in [-0.39, 0.29) is 17.3 Å². The number of nitrogens with zero attached hydrogens (tertiary/aromatic N) is 2. The van der Waals surface area contributed by atoms with E-state index in [4.69, 9.17) is 16.3 Å². The molecule has 1 atom stereocenters. The van der Waals surface area contributed by atoms with Gasteiger partial charge in [0.1, 0.15) is 18.3 Å². The molecule has 10 heteroatoms. The van der Waals surface area contributed by atoms with Crippen LogP contribution in [0.3, 0.4) is 0 Å². The molecule has 0 aliphatic rings. The summed E-state index contributed by atoms with van der Waals surface area (Å²) < 4.78 is 33.8. The third-order valence-electron chi connectivity index (χ3n) is 6.00. The zero-order valence-electron chi connectivity index (χ0n) is 21.8. The van der Waals surface area contributed by atoms with Gasteiger partial charge in [0.05, 0.1) is 17.7 Å². The number of likely N-dealkylation sites (N-methyl/N-ethyl adjacent to an activating group) is 1. The summed E-state index contributed by atoms with van der Waals surface area (Å²) in [6, 6.07) is 18.9. The van der Waals surface area contributed by atoms with E-state index in [1.165, 1.54) is 29.2 Å². The molecular formula is C28H32ClN3O5S. The van der Waals surface area contributed by atoms with E-state index in [1.807, 2.05) is 13.0 Å². The highest BCUT2D eigenvalue weighted by molar-refractivity contribution is 7.92. The van der Waals surface area contributed by atoms with E-state index >= 15 is 0 Å². The Hall–Kier alpha value is -3.56. The maximum Gasteiger partial charge on any atom is 0.264 e. The van der Waals surface area contributed by atoms with Crippen molar-refractivity contribution in [3.05, 3.63) is 88.9 Å². The molecule has 0 saturated carbocycles. The number of anilines is 1. The number of benzene rings is 3. The van der Waals surface area contributed by atoms with Gasteiger partial charge >= 0.3 is 0 Å². The van der Waals surface area contributed by atoms with E-state index in [0.29, 0.717) is 23.0 Å². The van der Waals surface area contributed by atoms with Crippen molar-refractivity contribution in [2.24, 2.45) is 0 Å². The molecule has 0 spiro atoms. The van der Waals surface area contributed by atoms with Crippen LogP contribution in [0.5, 0.6) is 5.75 Å². The minimum atomic E-state index is -4.14. The van der Waals surface area contributed by atoms with Crippen LogP contribution in [-0.2, 0) is 26.2 Å². The molecule has 3 aromatic rings. The maximum atomic E-state index is 13.8. The van der Waals surface area contributed by atoms with Crippen LogP contribution >= 0.6 is 11.6 Å². The summed E-state index contributed by atoms with van der Waals surface area (Å²) in [5.41, 5.74) is 1.93. The maximum absolute atomic E-state index is 13.8. The van der Waals surface area contributed by atoms with E-state index in [0.717, 1.165) is 15.4 Å². The van der Waals surface area contributed by atoms with Crippen molar-refractivity contribution in [3.63, 3.8) is 0 Å². The van der Waals surface area contributed by atoms with Crippen LogP contribution in [0, 0.1) is 6.92 Å². The molecule has 1 N–H and O–H groups in total. The first-order valence-electron chi connectivity index (χ1n) is 12.1. The summed E-state index contributed by atoms with van der Waals surface area (Å²) in [5, 5.41) is 3.13. The highest BCUT2D eigenvalue weighted by Crippen LogP contribution is 2.26. The summed E-state index contributed by atoms with van der Waals surface area (Å²) in [7, 11) is -2.59. The van der Waals surface area contributed by atoms with Crippen LogP contribution in [0.15, 0.2) is 77.7 Å². The van der Waals surface area contributed by atoms with Gasteiger partial charge in [-0.05, 0) is 80.4 Å². The number of aryl methyl sites for hydroxylation is 1. The van der Waals surface area contributed by atoms with Gasteiger partial charge in [-0.15, -0.1) is 0 Å². The molecule has 0 aliphatic heterocycles. The monoisotopic (exact) mass is 557 g/mol. The van der Waals surface area contributed by atoms with Crippen LogP contribution in [-0.4, -0.2) is 51.4 Å². The number of ether oxygens (including phenoxy) is 1. The lowest BCUT2D eigenvalue weighted by atomic mass is 10.1. The van der Waals surface area contributed by atoms with E-state index < -0.39 is 28.5 Å². The van der Waals surface area contributed by atoms with Crippen LogP contribution < -0.4 is 14.4 Å². The lowest BCUT2D eigenvalue weighted by Crippen LogP contribution is -2.51. The lowest BCUT2D eigenvalue weighted by molar-refractivity contribution is -0.139. The van der Waals surface area contributed by atoms with Gasteiger partial charge in [0.25, 0.3) is 10.0 Å².